The van der Waals surface area contributed by atoms with Crippen LogP contribution in [0.25, 0.3) is 11.1 Å². The first kappa shape index (κ1) is 14.7. The third-order valence-electron chi connectivity index (χ3n) is 4.15. The molecule has 0 heterocycles. The highest BCUT2D eigenvalue weighted by molar-refractivity contribution is 5.64. The van der Waals surface area contributed by atoms with Gasteiger partial charge in [0.1, 0.15) is 5.82 Å². The molecule has 0 aromatic heterocycles. The summed E-state index contributed by atoms with van der Waals surface area (Å²) in [6, 6.07) is 13.6. The lowest BCUT2D eigenvalue weighted by atomic mass is 9.82. The van der Waals surface area contributed by atoms with Crippen LogP contribution in [0, 0.1) is 5.82 Å². The zero-order valence-corrected chi connectivity index (χ0v) is 12.4. The summed E-state index contributed by atoms with van der Waals surface area (Å²) >= 11 is 0. The normalized spacial score (nSPS) is 11.7. The first-order valence-electron chi connectivity index (χ1n) is 7.07. The van der Waals surface area contributed by atoms with Crippen LogP contribution in [0.2, 0.25) is 0 Å². The molecule has 2 rings (SSSR count). The molecule has 0 saturated carbocycles. The molecule has 0 unspecified atom stereocenters. The maximum absolute atomic E-state index is 13.5. The highest BCUT2D eigenvalue weighted by atomic mass is 19.1. The van der Waals surface area contributed by atoms with Crippen molar-refractivity contribution in [3.8, 4) is 11.1 Å². The molecule has 0 aliphatic rings. The maximum atomic E-state index is 13.5. The monoisotopic (exact) mass is 271 g/mol. The Kier molecular flexibility index (Phi) is 4.24. The van der Waals surface area contributed by atoms with Crippen LogP contribution in [0.15, 0.2) is 42.5 Å². The van der Waals surface area contributed by atoms with Crippen LogP contribution in [-0.4, -0.2) is 0 Å². The van der Waals surface area contributed by atoms with Gasteiger partial charge in [0.05, 0.1) is 0 Å². The van der Waals surface area contributed by atoms with E-state index >= 15 is 0 Å². The van der Waals surface area contributed by atoms with E-state index < -0.39 is 0 Å². The van der Waals surface area contributed by atoms with E-state index in [1.54, 1.807) is 6.07 Å². The van der Waals surface area contributed by atoms with E-state index in [-0.39, 0.29) is 17.8 Å². The molecule has 0 fully saturated rings. The average molecular weight is 271 g/mol. The molecule has 106 valence electrons. The number of nitrogens with two attached hydrogens (primary N) is 1. The molecule has 2 heteroatoms. The fourth-order valence-corrected chi connectivity index (χ4v) is 2.23. The maximum Gasteiger partial charge on any atom is 0.127 e. The minimum atomic E-state index is -0.236. The summed E-state index contributed by atoms with van der Waals surface area (Å²) in [7, 11) is 0. The largest absolute Gasteiger partial charge is 0.326 e. The lowest BCUT2D eigenvalue weighted by Gasteiger charge is -2.23. The first-order valence-corrected chi connectivity index (χ1v) is 7.07. The van der Waals surface area contributed by atoms with Gasteiger partial charge in [0.15, 0.2) is 0 Å². The number of hydrogen-bond acceptors (Lipinski definition) is 1. The number of benzene rings is 2. The van der Waals surface area contributed by atoms with E-state index in [0.29, 0.717) is 5.56 Å². The second-order valence-corrected chi connectivity index (χ2v) is 5.83. The predicted octanol–water partition coefficient (Wildman–Crippen LogP) is 4.64. The summed E-state index contributed by atoms with van der Waals surface area (Å²) in [6.45, 7) is 6.90. The Morgan fingerprint density at radius 3 is 2.15 bits per heavy atom. The van der Waals surface area contributed by atoms with Crippen molar-refractivity contribution < 1.29 is 4.39 Å². The van der Waals surface area contributed by atoms with Gasteiger partial charge < -0.3 is 5.73 Å². The third-order valence-corrected chi connectivity index (χ3v) is 4.15. The van der Waals surface area contributed by atoms with Gasteiger partial charge in [-0.2, -0.15) is 0 Å². The Morgan fingerprint density at radius 2 is 1.60 bits per heavy atom. The van der Waals surface area contributed by atoms with Gasteiger partial charge in [-0.15, -0.1) is 0 Å². The van der Waals surface area contributed by atoms with Gasteiger partial charge in [0.2, 0.25) is 0 Å². The second kappa shape index (κ2) is 5.76. The van der Waals surface area contributed by atoms with Crippen LogP contribution in [-0.2, 0) is 12.0 Å². The molecule has 2 aromatic carbocycles. The fraction of sp³-hybridized carbons (Fsp3) is 0.333. The zero-order chi connectivity index (χ0) is 14.8. The Labute approximate surface area is 120 Å². The molecule has 0 saturated heterocycles. The van der Waals surface area contributed by atoms with Gasteiger partial charge in [-0.05, 0) is 40.7 Å². The van der Waals surface area contributed by atoms with Crippen LogP contribution >= 0.6 is 0 Å². The number of rotatable bonds is 4. The zero-order valence-electron chi connectivity index (χ0n) is 12.4. The van der Waals surface area contributed by atoms with Crippen molar-refractivity contribution in [3.05, 3.63) is 59.4 Å². The van der Waals surface area contributed by atoms with E-state index in [9.17, 15) is 4.39 Å². The lowest BCUT2D eigenvalue weighted by Crippen LogP contribution is -2.14. The molecule has 1 nitrogen and oxygen atoms in total. The van der Waals surface area contributed by atoms with Crippen molar-refractivity contribution in [3.63, 3.8) is 0 Å². The molecule has 0 aliphatic carbocycles. The first-order chi connectivity index (χ1) is 9.47. The van der Waals surface area contributed by atoms with Gasteiger partial charge in [-0.25, -0.2) is 4.39 Å². The van der Waals surface area contributed by atoms with Crippen LogP contribution in [0.4, 0.5) is 4.39 Å². The lowest BCUT2D eigenvalue weighted by molar-refractivity contribution is 0.506. The molecule has 0 atom stereocenters. The van der Waals surface area contributed by atoms with E-state index in [0.717, 1.165) is 17.5 Å². The molecule has 20 heavy (non-hydrogen) atoms. The summed E-state index contributed by atoms with van der Waals surface area (Å²) in [5.74, 6) is -0.236. The molecular weight excluding hydrogens is 249 g/mol. The van der Waals surface area contributed by atoms with Crippen molar-refractivity contribution in [2.45, 2.75) is 39.2 Å². The van der Waals surface area contributed by atoms with Crippen molar-refractivity contribution >= 4 is 0 Å². The van der Waals surface area contributed by atoms with E-state index in [2.05, 4.69) is 45.0 Å². The van der Waals surface area contributed by atoms with Crippen LogP contribution in [0.3, 0.4) is 0 Å². The Bertz CT molecular complexity index is 585. The third kappa shape index (κ3) is 2.91. The molecule has 0 bridgehead atoms. The minimum Gasteiger partial charge on any atom is -0.326 e. The summed E-state index contributed by atoms with van der Waals surface area (Å²) in [5.41, 5.74) is 9.72. The highest BCUT2D eigenvalue weighted by Gasteiger charge is 2.17. The number of hydrogen-bond donors (Lipinski definition) is 1. The van der Waals surface area contributed by atoms with Gasteiger partial charge in [0, 0.05) is 12.1 Å². The SMILES string of the molecule is CCC(C)(C)c1ccc(-c2ccc(F)c(CN)c2)cc1. The van der Waals surface area contributed by atoms with E-state index in [1.165, 1.54) is 11.6 Å². The second-order valence-electron chi connectivity index (χ2n) is 5.83. The quantitative estimate of drug-likeness (QED) is 0.861. The van der Waals surface area contributed by atoms with Crippen LogP contribution in [0.1, 0.15) is 38.3 Å². The predicted molar refractivity (Wildman–Crippen MR) is 83.0 cm³/mol. The van der Waals surface area contributed by atoms with Crippen molar-refractivity contribution in [1.29, 1.82) is 0 Å². The smallest absolute Gasteiger partial charge is 0.127 e. The van der Waals surface area contributed by atoms with Crippen molar-refractivity contribution in [2.75, 3.05) is 0 Å². The summed E-state index contributed by atoms with van der Waals surface area (Å²) in [6.07, 6.45) is 1.10. The Balaban J connectivity index is 2.35. The molecule has 2 N–H and O–H groups in total. The van der Waals surface area contributed by atoms with Crippen molar-refractivity contribution in [2.24, 2.45) is 5.73 Å². The summed E-state index contributed by atoms with van der Waals surface area (Å²) < 4.78 is 13.5. The summed E-state index contributed by atoms with van der Waals surface area (Å²) in [4.78, 5) is 0. The Morgan fingerprint density at radius 1 is 1.00 bits per heavy atom. The van der Waals surface area contributed by atoms with Gasteiger partial charge >= 0.3 is 0 Å². The molecule has 2 aromatic rings. The molecule has 0 amide bonds. The topological polar surface area (TPSA) is 26.0 Å². The Hall–Kier alpha value is -1.67. The molecule has 0 aliphatic heterocycles. The molecule has 0 radical (unpaired) electrons. The summed E-state index contributed by atoms with van der Waals surface area (Å²) in [5, 5.41) is 0. The van der Waals surface area contributed by atoms with E-state index in [1.807, 2.05) is 6.07 Å². The fourth-order valence-electron chi connectivity index (χ4n) is 2.23. The average Bonchev–Trinajstić information content (AvgIpc) is 2.48. The van der Waals surface area contributed by atoms with Crippen LogP contribution in [0.5, 0.6) is 0 Å². The van der Waals surface area contributed by atoms with Crippen LogP contribution < -0.4 is 5.73 Å². The van der Waals surface area contributed by atoms with Gasteiger partial charge in [-0.3, -0.25) is 0 Å². The minimum absolute atomic E-state index is 0.184. The molecular formula is C18H22FN. The van der Waals surface area contributed by atoms with Gasteiger partial charge in [0.25, 0.3) is 0 Å². The van der Waals surface area contributed by atoms with E-state index in [4.69, 9.17) is 5.73 Å². The van der Waals surface area contributed by atoms with Gasteiger partial charge in [-0.1, -0.05) is 51.1 Å². The van der Waals surface area contributed by atoms with Crippen molar-refractivity contribution in [1.82, 2.24) is 0 Å². The standard InChI is InChI=1S/C18H22FN/c1-4-18(2,3)16-8-5-13(6-9-16)14-7-10-17(19)15(11-14)12-20/h5-11H,4,12,20H2,1-3H3. The highest BCUT2D eigenvalue weighted by Crippen LogP contribution is 2.29. The molecule has 0 spiro atoms. The number of halogens is 1.